The van der Waals surface area contributed by atoms with Crippen molar-refractivity contribution in [1.82, 2.24) is 20.3 Å². The Bertz CT molecular complexity index is 1350. The number of nitrogens with zero attached hydrogens (tertiary/aromatic N) is 3. The Morgan fingerprint density at radius 2 is 1.97 bits per heavy atom. The number of hydrogen-bond donors (Lipinski definition) is 3. The number of anilines is 2. The molecule has 2 aromatic carbocycles. The van der Waals surface area contributed by atoms with Crippen LogP contribution in [0.5, 0.6) is 0 Å². The van der Waals surface area contributed by atoms with Gasteiger partial charge in [0.25, 0.3) is 0 Å². The van der Waals surface area contributed by atoms with Crippen molar-refractivity contribution in [3.63, 3.8) is 0 Å². The molecule has 4 aromatic rings. The zero-order chi connectivity index (χ0) is 23.6. The second kappa shape index (κ2) is 9.41. The molecular formula is C28H30N6O. The highest BCUT2D eigenvalue weighted by atomic mass is 16.2. The molecule has 0 radical (unpaired) electrons. The van der Waals surface area contributed by atoms with E-state index in [1.54, 1.807) is 6.33 Å². The molecule has 178 valence electrons. The van der Waals surface area contributed by atoms with Crippen molar-refractivity contribution in [2.24, 2.45) is 0 Å². The van der Waals surface area contributed by atoms with Crippen LogP contribution in [0.2, 0.25) is 0 Å². The number of benzene rings is 2. The molecule has 6 rings (SSSR count). The van der Waals surface area contributed by atoms with Gasteiger partial charge in [0.1, 0.15) is 17.8 Å². The minimum atomic E-state index is -0.148. The number of fused-ring (bicyclic) bond motifs is 2. The van der Waals surface area contributed by atoms with E-state index < -0.39 is 0 Å². The van der Waals surface area contributed by atoms with E-state index in [9.17, 15) is 4.79 Å². The number of aromatic amines is 1. The molecule has 1 fully saturated rings. The zero-order valence-electron chi connectivity index (χ0n) is 19.7. The minimum Gasteiger partial charge on any atom is -0.355 e. The number of nitrogens with one attached hydrogen (secondary N) is 3. The molecular weight excluding hydrogens is 436 g/mol. The summed E-state index contributed by atoms with van der Waals surface area (Å²) in [5.41, 5.74) is 5.53. The summed E-state index contributed by atoms with van der Waals surface area (Å²) >= 11 is 0. The maximum absolute atomic E-state index is 12.9. The summed E-state index contributed by atoms with van der Waals surface area (Å²) in [4.78, 5) is 27.3. The van der Waals surface area contributed by atoms with Gasteiger partial charge in [0.05, 0.1) is 11.4 Å². The third-order valence-corrected chi connectivity index (χ3v) is 7.34. The Morgan fingerprint density at radius 3 is 2.94 bits per heavy atom. The van der Waals surface area contributed by atoms with E-state index in [4.69, 9.17) is 0 Å². The first-order valence-corrected chi connectivity index (χ1v) is 12.5. The Labute approximate surface area is 205 Å². The molecule has 0 spiro atoms. The maximum atomic E-state index is 12.9. The largest absolute Gasteiger partial charge is 0.355 e. The molecule has 3 heterocycles. The van der Waals surface area contributed by atoms with Gasteiger partial charge in [-0.2, -0.15) is 0 Å². The minimum absolute atomic E-state index is 0.0631. The summed E-state index contributed by atoms with van der Waals surface area (Å²) in [6.07, 6.45) is 8.91. The van der Waals surface area contributed by atoms with Gasteiger partial charge in [-0.3, -0.25) is 0 Å². The fraction of sp³-hybridized carbons (Fsp3) is 0.321. The third kappa shape index (κ3) is 4.46. The second-order valence-electron chi connectivity index (χ2n) is 9.59. The van der Waals surface area contributed by atoms with Gasteiger partial charge in [0, 0.05) is 30.9 Å². The summed E-state index contributed by atoms with van der Waals surface area (Å²) in [6.45, 7) is 1.88. The van der Waals surface area contributed by atoms with Crippen LogP contribution in [0.15, 0.2) is 67.1 Å². The van der Waals surface area contributed by atoms with E-state index in [2.05, 4.69) is 66.9 Å². The van der Waals surface area contributed by atoms with Gasteiger partial charge >= 0.3 is 6.03 Å². The fourth-order valence-electron chi connectivity index (χ4n) is 5.65. The first-order chi connectivity index (χ1) is 17.2. The molecule has 1 unspecified atom stereocenters. The van der Waals surface area contributed by atoms with Crippen LogP contribution >= 0.6 is 0 Å². The van der Waals surface area contributed by atoms with Crippen molar-refractivity contribution >= 4 is 28.6 Å². The number of carbonyl (C=O) groups excluding carboxylic acids is 1. The Morgan fingerprint density at radius 1 is 1.03 bits per heavy atom. The van der Waals surface area contributed by atoms with Gasteiger partial charge in [0.15, 0.2) is 0 Å². The Balaban J connectivity index is 1.14. The molecule has 1 saturated heterocycles. The van der Waals surface area contributed by atoms with Crippen molar-refractivity contribution in [2.75, 3.05) is 23.3 Å². The molecule has 35 heavy (non-hydrogen) atoms. The number of carbonyl (C=O) groups is 1. The maximum Gasteiger partial charge on any atom is 0.319 e. The van der Waals surface area contributed by atoms with E-state index in [0.717, 1.165) is 67.7 Å². The molecule has 7 nitrogen and oxygen atoms in total. The summed E-state index contributed by atoms with van der Waals surface area (Å²) < 4.78 is 0. The quantitative estimate of drug-likeness (QED) is 0.369. The molecule has 2 atom stereocenters. The van der Waals surface area contributed by atoms with Gasteiger partial charge in [0.2, 0.25) is 0 Å². The lowest BCUT2D eigenvalue weighted by atomic mass is 9.88. The van der Waals surface area contributed by atoms with Crippen LogP contribution in [0, 0.1) is 0 Å². The lowest BCUT2D eigenvalue weighted by Gasteiger charge is -2.34. The lowest BCUT2D eigenvalue weighted by Crippen LogP contribution is -2.35. The number of amides is 2. The van der Waals surface area contributed by atoms with E-state index in [-0.39, 0.29) is 12.1 Å². The van der Waals surface area contributed by atoms with E-state index in [1.807, 2.05) is 24.4 Å². The number of hydrogen-bond acceptors (Lipinski definition) is 4. The summed E-state index contributed by atoms with van der Waals surface area (Å²) in [7, 11) is 0. The van der Waals surface area contributed by atoms with Gasteiger partial charge < -0.3 is 20.5 Å². The van der Waals surface area contributed by atoms with Crippen LogP contribution in [0.4, 0.5) is 16.3 Å². The summed E-state index contributed by atoms with van der Waals surface area (Å²) in [6, 6.07) is 18.7. The SMILES string of the molecule is O=C(Nc1cccc(C2CCCN(c3ncnc4[nH]ccc34)C2)c1)N[C@@H]1CCCc2ccccc21. The highest BCUT2D eigenvalue weighted by Crippen LogP contribution is 2.33. The predicted molar refractivity (Wildman–Crippen MR) is 139 cm³/mol. The van der Waals surface area contributed by atoms with Crippen molar-refractivity contribution in [3.8, 4) is 0 Å². The first kappa shape index (κ1) is 21.6. The molecule has 0 saturated carbocycles. The predicted octanol–water partition coefficient (Wildman–Crippen LogP) is 5.54. The molecule has 1 aliphatic carbocycles. The Kier molecular flexibility index (Phi) is 5.82. The molecule has 2 aliphatic rings. The monoisotopic (exact) mass is 466 g/mol. The molecule has 2 amide bonds. The first-order valence-electron chi connectivity index (χ1n) is 12.5. The molecule has 2 aromatic heterocycles. The van der Waals surface area contributed by atoms with Crippen LogP contribution in [-0.4, -0.2) is 34.1 Å². The lowest BCUT2D eigenvalue weighted by molar-refractivity contribution is 0.247. The van der Waals surface area contributed by atoms with Gasteiger partial charge in [-0.05, 0) is 67.0 Å². The smallest absolute Gasteiger partial charge is 0.319 e. The number of aromatic nitrogens is 3. The van der Waals surface area contributed by atoms with Crippen molar-refractivity contribution in [3.05, 3.63) is 83.8 Å². The zero-order valence-corrected chi connectivity index (χ0v) is 19.7. The highest BCUT2D eigenvalue weighted by Gasteiger charge is 2.25. The number of urea groups is 1. The third-order valence-electron chi connectivity index (χ3n) is 7.34. The Hall–Kier alpha value is -3.87. The van der Waals surface area contributed by atoms with Gasteiger partial charge in [-0.1, -0.05) is 36.4 Å². The molecule has 3 N–H and O–H groups in total. The summed E-state index contributed by atoms with van der Waals surface area (Å²) in [5, 5.41) is 7.32. The fourth-order valence-corrected chi connectivity index (χ4v) is 5.65. The number of piperidine rings is 1. The van der Waals surface area contributed by atoms with E-state index >= 15 is 0 Å². The van der Waals surface area contributed by atoms with Gasteiger partial charge in [-0.25, -0.2) is 14.8 Å². The number of aryl methyl sites for hydroxylation is 1. The highest BCUT2D eigenvalue weighted by molar-refractivity contribution is 5.90. The molecule has 1 aliphatic heterocycles. The van der Waals surface area contributed by atoms with Crippen LogP contribution in [-0.2, 0) is 6.42 Å². The number of rotatable bonds is 4. The van der Waals surface area contributed by atoms with Crippen molar-refractivity contribution in [2.45, 2.75) is 44.1 Å². The van der Waals surface area contributed by atoms with Gasteiger partial charge in [-0.15, -0.1) is 0 Å². The van der Waals surface area contributed by atoms with Crippen LogP contribution in [0.3, 0.4) is 0 Å². The topological polar surface area (TPSA) is 85.9 Å². The standard InChI is InChI=1S/C28H30N6O/c35-28(33-25-12-4-7-19-6-1-2-11-23(19)25)32-22-10-3-8-20(16-22)21-9-5-15-34(17-21)27-24-13-14-29-26(24)30-18-31-27/h1-3,6,8,10-11,13-14,16,18,21,25H,4-5,7,9,12,15,17H2,(H,29,30,31)(H2,32,33,35)/t21?,25-/m1/s1. The van der Waals surface area contributed by atoms with Crippen molar-refractivity contribution in [1.29, 1.82) is 0 Å². The van der Waals surface area contributed by atoms with Crippen LogP contribution in [0.1, 0.15) is 54.3 Å². The summed E-state index contributed by atoms with van der Waals surface area (Å²) in [5.74, 6) is 1.37. The second-order valence-corrected chi connectivity index (χ2v) is 9.59. The normalized spacial score (nSPS) is 19.8. The van der Waals surface area contributed by atoms with Crippen LogP contribution < -0.4 is 15.5 Å². The van der Waals surface area contributed by atoms with Crippen LogP contribution in [0.25, 0.3) is 11.0 Å². The van der Waals surface area contributed by atoms with E-state index in [0.29, 0.717) is 5.92 Å². The van der Waals surface area contributed by atoms with E-state index in [1.165, 1.54) is 16.7 Å². The molecule has 7 heteroatoms. The molecule has 0 bridgehead atoms. The average molecular weight is 467 g/mol. The number of H-pyrrole nitrogens is 1. The van der Waals surface area contributed by atoms with Crippen molar-refractivity contribution < 1.29 is 4.79 Å². The average Bonchev–Trinajstić information content (AvgIpc) is 3.38.